The maximum Gasteiger partial charge on any atom is 0.389 e. The zero-order chi connectivity index (χ0) is 6.85. The molecule has 0 atom stereocenters. The molecule has 0 aromatic carbocycles. The van der Waals surface area contributed by atoms with Gasteiger partial charge in [-0.2, -0.15) is 0 Å². The lowest BCUT2D eigenvalue weighted by Gasteiger charge is -1.91. The van der Waals surface area contributed by atoms with Crippen molar-refractivity contribution in [2.45, 2.75) is 0 Å². The number of rotatable bonds is 1. The van der Waals surface area contributed by atoms with Gasteiger partial charge in [-0.05, 0) is 4.92 Å². The maximum atomic E-state index is 10.0. The zero-order valence-corrected chi connectivity index (χ0v) is 4.81. The van der Waals surface area contributed by atoms with Crippen LogP contribution in [0, 0.1) is 10.1 Å². The summed E-state index contributed by atoms with van der Waals surface area (Å²) in [5.41, 5.74) is 0. The lowest BCUT2D eigenvalue weighted by Crippen LogP contribution is -2.20. The first-order chi connectivity index (χ1) is 4.22. The molecule has 0 aromatic heterocycles. The highest BCUT2D eigenvalue weighted by Gasteiger charge is 2.29. The van der Waals surface area contributed by atoms with E-state index in [0.717, 1.165) is 0 Å². The molecule has 1 heterocycles. The smallest absolute Gasteiger partial charge is 0.358 e. The Balaban J connectivity index is 2.76. The van der Waals surface area contributed by atoms with Gasteiger partial charge in [0, 0.05) is 5.01 Å². The molecule has 5 heteroatoms. The van der Waals surface area contributed by atoms with Gasteiger partial charge in [-0.3, -0.25) is 0 Å². The number of hydrogen-bond acceptors (Lipinski definition) is 4. The van der Waals surface area contributed by atoms with E-state index in [1.54, 1.807) is 0 Å². The third-order valence-electron chi connectivity index (χ3n) is 0.982. The second-order valence-corrected chi connectivity index (χ2v) is 1.57. The Morgan fingerprint density at radius 1 is 1.89 bits per heavy atom. The lowest BCUT2D eigenvalue weighted by molar-refractivity contribution is -0.445. The van der Waals surface area contributed by atoms with Crippen LogP contribution in [0.15, 0.2) is 11.9 Å². The fourth-order valence-corrected chi connectivity index (χ4v) is 0.546. The fraction of sp³-hybridized carbons (Fsp3) is 0.250. The van der Waals surface area contributed by atoms with Gasteiger partial charge in [-0.1, -0.05) is 0 Å². The van der Waals surface area contributed by atoms with Gasteiger partial charge in [-0.15, -0.1) is 0 Å². The van der Waals surface area contributed by atoms with Crippen molar-refractivity contribution in [2.24, 2.45) is 0 Å². The molecule has 0 aromatic rings. The van der Waals surface area contributed by atoms with Gasteiger partial charge in [0.25, 0.3) is 5.10 Å². The van der Waals surface area contributed by atoms with Crippen LogP contribution in [0.2, 0.25) is 0 Å². The van der Waals surface area contributed by atoms with Crippen LogP contribution < -0.4 is 5.10 Å². The second-order valence-electron chi connectivity index (χ2n) is 1.57. The number of hydrogen-bond donors (Lipinski definition) is 0. The van der Waals surface area contributed by atoms with Crippen LogP contribution in [0.3, 0.4) is 0 Å². The number of nitrogens with zero attached hydrogens (tertiary/aromatic N) is 3. The molecule has 0 N–H and O–H groups in total. The highest BCUT2D eigenvalue weighted by Crippen LogP contribution is 1.99. The van der Waals surface area contributed by atoms with E-state index in [2.05, 4.69) is 5.10 Å². The van der Waals surface area contributed by atoms with E-state index in [1.807, 2.05) is 0 Å². The fourth-order valence-electron chi connectivity index (χ4n) is 0.546. The van der Waals surface area contributed by atoms with Gasteiger partial charge in [0.05, 0.1) is 0 Å². The second kappa shape index (κ2) is 1.85. The summed E-state index contributed by atoms with van der Waals surface area (Å²) < 4.78 is 0. The molecular formula is C4H5N3O2+. The summed E-state index contributed by atoms with van der Waals surface area (Å²) in [5.74, 6) is 0.00926. The molecule has 0 aliphatic carbocycles. The van der Waals surface area contributed by atoms with E-state index in [0.29, 0.717) is 0 Å². The molecule has 0 bridgehead atoms. The number of nitro groups is 1. The summed E-state index contributed by atoms with van der Waals surface area (Å²) >= 11 is 0. The maximum absolute atomic E-state index is 10.0. The van der Waals surface area contributed by atoms with Crippen LogP contribution >= 0.6 is 0 Å². The van der Waals surface area contributed by atoms with E-state index in [4.69, 9.17) is 0 Å². The Kier molecular flexibility index (Phi) is 1.18. The molecule has 47 valence electrons. The SMILES string of the molecule is CN1[N+]=CC=C1[N+](=O)[O-]. The Labute approximate surface area is 51.4 Å². The number of hydrazone groups is 1. The van der Waals surface area contributed by atoms with Crippen molar-refractivity contribution in [1.29, 1.82) is 0 Å². The topological polar surface area (TPSA) is 60.5 Å². The molecule has 0 amide bonds. The van der Waals surface area contributed by atoms with Crippen molar-refractivity contribution in [3.8, 4) is 0 Å². The van der Waals surface area contributed by atoms with Gasteiger partial charge in [0.2, 0.25) is 0 Å². The summed E-state index contributed by atoms with van der Waals surface area (Å²) in [6.07, 6.45) is 2.73. The molecule has 9 heavy (non-hydrogen) atoms. The van der Waals surface area contributed by atoms with Crippen LogP contribution in [0.25, 0.3) is 0 Å². The zero-order valence-electron chi connectivity index (χ0n) is 4.81. The molecule has 0 spiro atoms. The molecule has 1 aliphatic rings. The van der Waals surface area contributed by atoms with Gasteiger partial charge >= 0.3 is 12.0 Å². The van der Waals surface area contributed by atoms with Crippen molar-refractivity contribution in [3.05, 3.63) is 22.0 Å². The molecule has 5 nitrogen and oxygen atoms in total. The molecule has 0 saturated carbocycles. The molecule has 0 saturated heterocycles. The Bertz CT molecular complexity index is 196. The van der Waals surface area contributed by atoms with Gasteiger partial charge in [0.1, 0.15) is 13.1 Å². The third kappa shape index (κ3) is 0.883. The molecule has 0 unspecified atom stereocenters. The molecular weight excluding hydrogens is 122 g/mol. The predicted octanol–water partition coefficient (Wildman–Crippen LogP) is -0.629. The average molecular weight is 127 g/mol. The average Bonchev–Trinajstić information content (AvgIpc) is 2.13. The predicted molar refractivity (Wildman–Crippen MR) is 31.0 cm³/mol. The Morgan fingerprint density at radius 2 is 2.56 bits per heavy atom. The standard InChI is InChI=1S/C4H5N3O2/c1-6-4(7(8)9)2-3-5-6/h2-3H,1H3/q+1. The van der Waals surface area contributed by atoms with Crippen molar-refractivity contribution >= 4 is 6.21 Å². The molecule has 1 rings (SSSR count). The van der Waals surface area contributed by atoms with Crippen LogP contribution in [0.5, 0.6) is 0 Å². The van der Waals surface area contributed by atoms with Crippen molar-refractivity contribution in [1.82, 2.24) is 10.1 Å². The van der Waals surface area contributed by atoms with Crippen LogP contribution in [0.4, 0.5) is 0 Å². The van der Waals surface area contributed by atoms with E-state index in [9.17, 15) is 10.1 Å². The minimum atomic E-state index is -0.479. The van der Waals surface area contributed by atoms with Crippen LogP contribution in [-0.4, -0.2) is 23.2 Å². The lowest BCUT2D eigenvalue weighted by atomic mass is 10.6. The van der Waals surface area contributed by atoms with Gasteiger partial charge < -0.3 is 10.1 Å². The van der Waals surface area contributed by atoms with E-state index in [-0.39, 0.29) is 5.82 Å². The summed E-state index contributed by atoms with van der Waals surface area (Å²) in [6.45, 7) is 0. The van der Waals surface area contributed by atoms with Gasteiger partial charge in [-0.25, -0.2) is 0 Å². The van der Waals surface area contributed by atoms with E-state index in [1.165, 1.54) is 24.3 Å². The normalized spacial score (nSPS) is 16.1. The number of allylic oxidation sites excluding steroid dienone is 1. The first-order valence-electron chi connectivity index (χ1n) is 2.34. The van der Waals surface area contributed by atoms with Crippen LogP contribution in [-0.2, 0) is 0 Å². The summed E-state index contributed by atoms with van der Waals surface area (Å²) in [5, 5.41) is 14.8. The third-order valence-corrected chi connectivity index (χ3v) is 0.982. The van der Waals surface area contributed by atoms with E-state index < -0.39 is 4.92 Å². The van der Waals surface area contributed by atoms with E-state index >= 15 is 0 Å². The monoisotopic (exact) mass is 127 g/mol. The summed E-state index contributed by atoms with van der Waals surface area (Å²) in [7, 11) is 1.53. The first-order valence-corrected chi connectivity index (χ1v) is 2.34. The Morgan fingerprint density at radius 3 is 2.78 bits per heavy atom. The first kappa shape index (κ1) is 5.74. The van der Waals surface area contributed by atoms with Crippen LogP contribution in [0.1, 0.15) is 0 Å². The molecule has 0 fully saturated rings. The highest BCUT2D eigenvalue weighted by molar-refractivity contribution is 5.71. The molecule has 1 aliphatic heterocycles. The van der Waals surface area contributed by atoms with Crippen molar-refractivity contribution in [2.75, 3.05) is 7.05 Å². The quantitative estimate of drug-likeness (QED) is 0.348. The van der Waals surface area contributed by atoms with Crippen molar-refractivity contribution < 1.29 is 4.92 Å². The minimum Gasteiger partial charge on any atom is -0.358 e. The van der Waals surface area contributed by atoms with Gasteiger partial charge in [0.15, 0.2) is 0 Å². The summed E-state index contributed by atoms with van der Waals surface area (Å²) in [4.78, 5) is 9.55. The largest absolute Gasteiger partial charge is 0.389 e. The summed E-state index contributed by atoms with van der Waals surface area (Å²) in [6, 6.07) is 0. The minimum absolute atomic E-state index is 0.00926. The Hall–Kier alpha value is -1.39. The molecule has 1 radical (unpaired) electrons. The van der Waals surface area contributed by atoms with Crippen molar-refractivity contribution in [3.63, 3.8) is 0 Å². The highest BCUT2D eigenvalue weighted by atomic mass is 16.6.